The van der Waals surface area contributed by atoms with Crippen molar-refractivity contribution in [2.75, 3.05) is 0 Å². The van der Waals surface area contributed by atoms with Crippen LogP contribution in [0.1, 0.15) is 0 Å². The Hall–Kier alpha value is 0.309. The standard InChI is InChI=1S/C9H7N.4ClH.Fe/c1-2-6-9-8(4-1)5-3-7-10-9;;;;;/h1-7H;4*1H;/q;;;;;+3/p-3. The van der Waals surface area contributed by atoms with Gasteiger partial charge >= 0.3 is 41.5 Å². The van der Waals surface area contributed by atoms with E-state index in [-0.39, 0.29) is 12.4 Å². The van der Waals surface area contributed by atoms with Crippen LogP contribution in [0.4, 0.5) is 0 Å². The van der Waals surface area contributed by atoms with Gasteiger partial charge in [-0.25, -0.2) is 4.98 Å². The second-order valence-corrected chi connectivity index (χ2v) is 7.88. The van der Waals surface area contributed by atoms with Gasteiger partial charge in [0.1, 0.15) is 0 Å². The molecule has 2 rings (SSSR count). The molecule has 6 heteroatoms. The van der Waals surface area contributed by atoms with E-state index in [4.69, 9.17) is 30.3 Å². The molecule has 0 bridgehead atoms. The largest absolute Gasteiger partial charge is 0.211 e. The zero-order valence-electron chi connectivity index (χ0n) is 7.41. The Labute approximate surface area is 112 Å². The zero-order valence-corrected chi connectivity index (χ0v) is 11.5. The molecule has 0 spiro atoms. The number of rotatable bonds is 0. The molecule has 0 amide bonds. The molecule has 2 aromatic rings. The fourth-order valence-electron chi connectivity index (χ4n) is 1.06. The molecule has 0 radical (unpaired) electrons. The van der Waals surface area contributed by atoms with Crippen LogP contribution < -0.4 is 17.4 Å². The predicted molar refractivity (Wildman–Crippen MR) is 58.1 cm³/mol. The molecule has 0 aliphatic heterocycles. The number of aromatic amines is 1. The van der Waals surface area contributed by atoms with Crippen molar-refractivity contribution in [3.8, 4) is 0 Å². The molecular weight excluding hydrogens is 320 g/mol. The number of benzene rings is 1. The fourth-order valence-corrected chi connectivity index (χ4v) is 1.06. The minimum Gasteiger partial charge on any atom is -0.211 e. The van der Waals surface area contributed by atoms with Gasteiger partial charge in [-0.1, -0.05) is 12.1 Å². The minimum absolute atomic E-state index is 0. The van der Waals surface area contributed by atoms with Crippen LogP contribution in [0.3, 0.4) is 0 Å². The molecule has 0 saturated carbocycles. The first-order valence-corrected chi connectivity index (χ1v) is 8.28. The summed E-state index contributed by atoms with van der Waals surface area (Å²) in [4.78, 5) is 3.15. The molecule has 1 heterocycles. The summed E-state index contributed by atoms with van der Waals surface area (Å²) in [5.41, 5.74) is 1.19. The van der Waals surface area contributed by atoms with Gasteiger partial charge in [0, 0.05) is 17.5 Å². The number of para-hydroxylation sites is 1. The van der Waals surface area contributed by atoms with Crippen molar-refractivity contribution in [2.45, 2.75) is 0 Å². The first-order valence-electron chi connectivity index (χ1n) is 3.72. The summed E-state index contributed by atoms with van der Waals surface area (Å²) in [5, 5.41) is 1.25. The molecule has 85 valence electrons. The Morgan fingerprint density at radius 3 is 2.07 bits per heavy atom. The van der Waals surface area contributed by atoms with Crippen LogP contribution in [0.2, 0.25) is 0 Å². The van der Waals surface area contributed by atoms with E-state index in [1.807, 2.05) is 24.4 Å². The van der Waals surface area contributed by atoms with Crippen LogP contribution in [0.25, 0.3) is 10.9 Å². The van der Waals surface area contributed by atoms with E-state index in [1.165, 1.54) is 10.9 Å². The van der Waals surface area contributed by atoms with E-state index in [1.54, 1.807) is 0 Å². The maximum absolute atomic E-state index is 4.89. The first-order chi connectivity index (χ1) is 6.70. The maximum Gasteiger partial charge on any atom is 0.210 e. The number of H-pyrrole nitrogens is 1. The SMILES string of the molecule is [Cl-].[Cl][Fe]([Cl])[Cl].c1ccc2[nH+]cccc2c1. The normalized spacial score (nSPS) is 9.67. The zero-order chi connectivity index (χ0) is 10.4. The average Bonchev–Trinajstić information content (AvgIpc) is 2.17. The van der Waals surface area contributed by atoms with Gasteiger partial charge in [-0.3, -0.25) is 0 Å². The topological polar surface area (TPSA) is 14.1 Å². The van der Waals surface area contributed by atoms with Crippen molar-refractivity contribution < 1.29 is 28.6 Å². The molecule has 0 atom stereocenters. The maximum atomic E-state index is 4.89. The minimum atomic E-state index is -1.33. The summed E-state index contributed by atoms with van der Waals surface area (Å²) in [6, 6.07) is 12.3. The molecule has 0 aliphatic rings. The summed E-state index contributed by atoms with van der Waals surface area (Å²) in [6.07, 6.45) is 1.93. The Bertz CT molecular complexity index is 328. The molecule has 15 heavy (non-hydrogen) atoms. The Balaban J connectivity index is 0.000000346. The van der Waals surface area contributed by atoms with Gasteiger partial charge in [0.05, 0.1) is 0 Å². The molecule has 1 N–H and O–H groups in total. The number of fused-ring (bicyclic) bond motifs is 1. The van der Waals surface area contributed by atoms with Gasteiger partial charge in [-0.15, -0.1) is 0 Å². The van der Waals surface area contributed by atoms with Crippen molar-refractivity contribution in [1.29, 1.82) is 0 Å². The fraction of sp³-hybridized carbons (Fsp3) is 0. The number of nitrogens with one attached hydrogen (secondary N) is 1. The summed E-state index contributed by atoms with van der Waals surface area (Å²) in [6.45, 7) is 0. The molecule has 1 aromatic heterocycles. The molecule has 1 nitrogen and oxygen atoms in total. The van der Waals surface area contributed by atoms with Crippen LogP contribution in [0.5, 0.6) is 0 Å². The summed E-state index contributed by atoms with van der Waals surface area (Å²) in [7, 11) is 14.7. The number of pyridine rings is 1. The third kappa shape index (κ3) is 6.47. The number of hydrogen-bond donors (Lipinski definition) is 0. The van der Waals surface area contributed by atoms with Crippen LogP contribution in [-0.4, -0.2) is 0 Å². The molecule has 0 unspecified atom stereocenters. The first kappa shape index (κ1) is 15.3. The van der Waals surface area contributed by atoms with Crippen molar-refractivity contribution in [1.82, 2.24) is 0 Å². The molecule has 1 aromatic carbocycles. The predicted octanol–water partition coefficient (Wildman–Crippen LogP) is 0.724. The Kier molecular flexibility index (Phi) is 8.63. The van der Waals surface area contributed by atoms with Gasteiger partial charge in [0.15, 0.2) is 6.20 Å². The monoisotopic (exact) mass is 326 g/mol. The van der Waals surface area contributed by atoms with Crippen LogP contribution in [0.15, 0.2) is 42.6 Å². The van der Waals surface area contributed by atoms with Gasteiger partial charge in [0.25, 0.3) is 0 Å². The van der Waals surface area contributed by atoms with Gasteiger partial charge in [-0.05, 0) is 12.1 Å². The van der Waals surface area contributed by atoms with Crippen molar-refractivity contribution in [3.63, 3.8) is 0 Å². The molecular formula is C9H8Cl4FeN. The van der Waals surface area contributed by atoms with Crippen molar-refractivity contribution >= 4 is 41.2 Å². The third-order valence-corrected chi connectivity index (χ3v) is 1.57. The molecule has 0 aliphatic carbocycles. The van der Waals surface area contributed by atoms with Crippen LogP contribution in [-0.2, 0) is 11.2 Å². The van der Waals surface area contributed by atoms with Gasteiger partial charge in [-0.2, -0.15) is 0 Å². The second-order valence-electron chi connectivity index (χ2n) is 2.41. The Morgan fingerprint density at radius 2 is 1.47 bits per heavy atom. The van der Waals surface area contributed by atoms with E-state index >= 15 is 0 Å². The quantitative estimate of drug-likeness (QED) is 0.633. The van der Waals surface area contributed by atoms with E-state index in [9.17, 15) is 0 Å². The molecule has 0 fully saturated rings. The smallest absolute Gasteiger partial charge is 0.210 e. The van der Waals surface area contributed by atoms with Crippen LogP contribution >= 0.6 is 30.3 Å². The molecule has 0 saturated heterocycles. The number of halogens is 4. The van der Waals surface area contributed by atoms with Crippen molar-refractivity contribution in [3.05, 3.63) is 42.6 Å². The van der Waals surface area contributed by atoms with Crippen molar-refractivity contribution in [2.24, 2.45) is 0 Å². The van der Waals surface area contributed by atoms with Gasteiger partial charge in [0.2, 0.25) is 5.52 Å². The van der Waals surface area contributed by atoms with E-state index in [0.29, 0.717) is 0 Å². The van der Waals surface area contributed by atoms with E-state index in [0.717, 1.165) is 0 Å². The second kappa shape index (κ2) is 8.46. The average molecular weight is 328 g/mol. The summed E-state index contributed by atoms with van der Waals surface area (Å²) in [5.74, 6) is 0. The van der Waals surface area contributed by atoms with E-state index in [2.05, 4.69) is 23.2 Å². The summed E-state index contributed by atoms with van der Waals surface area (Å²) < 4.78 is 0. The number of hydrogen-bond acceptors (Lipinski definition) is 0. The number of aromatic nitrogens is 1. The summed E-state index contributed by atoms with van der Waals surface area (Å²) >= 11 is -1.33. The van der Waals surface area contributed by atoms with E-state index < -0.39 is 11.2 Å². The van der Waals surface area contributed by atoms with Gasteiger partial charge < -0.3 is 12.4 Å². The Morgan fingerprint density at radius 1 is 0.933 bits per heavy atom. The third-order valence-electron chi connectivity index (χ3n) is 1.57. The van der Waals surface area contributed by atoms with Crippen LogP contribution in [0, 0.1) is 0 Å².